The topological polar surface area (TPSA) is 46.5 Å². The van der Waals surface area contributed by atoms with E-state index in [4.69, 9.17) is 0 Å². The van der Waals surface area contributed by atoms with E-state index in [1.165, 1.54) is 58.5 Å². The lowest BCUT2D eigenvalue weighted by molar-refractivity contribution is -0.150. The van der Waals surface area contributed by atoms with Gasteiger partial charge in [0.25, 0.3) is 0 Å². The van der Waals surface area contributed by atoms with Crippen molar-refractivity contribution in [1.29, 1.82) is 0 Å². The molecule has 0 bridgehead atoms. The Morgan fingerprint density at radius 2 is 1.41 bits per heavy atom. The molecule has 130 valence electrons. The minimum Gasteiger partial charge on any atom is -0.467 e. The second kappa shape index (κ2) is 16.5. The van der Waals surface area contributed by atoms with Gasteiger partial charge in [0.1, 0.15) is 0 Å². The summed E-state index contributed by atoms with van der Waals surface area (Å²) in [4.78, 5) is 11.0. The molecule has 0 spiro atoms. The highest BCUT2D eigenvalue weighted by atomic mass is 16.5. The average Bonchev–Trinajstić information content (AvgIpc) is 2.54. The van der Waals surface area contributed by atoms with Crippen molar-refractivity contribution in [2.75, 3.05) is 7.11 Å². The molecule has 1 N–H and O–H groups in total. The number of rotatable bonds is 15. The number of hydrogen-bond donors (Lipinski definition) is 1. The number of aliphatic hydroxyl groups excluding tert-OH is 1. The Hall–Kier alpha value is -0.830. The zero-order chi connectivity index (χ0) is 16.5. The van der Waals surface area contributed by atoms with Crippen molar-refractivity contribution in [3.8, 4) is 0 Å². The summed E-state index contributed by atoms with van der Waals surface area (Å²) in [6.45, 7) is 2.25. The van der Waals surface area contributed by atoms with Crippen molar-refractivity contribution in [3.05, 3.63) is 12.2 Å². The molecule has 0 radical (unpaired) electrons. The fraction of sp³-hybridized carbons (Fsp3) is 0.842. The number of allylic oxidation sites excluding steroid dienone is 2. The molecule has 0 saturated carbocycles. The molecule has 1 unspecified atom stereocenters. The predicted molar refractivity (Wildman–Crippen MR) is 92.9 cm³/mol. The fourth-order valence-electron chi connectivity index (χ4n) is 2.49. The summed E-state index contributed by atoms with van der Waals surface area (Å²) in [5.74, 6) is -0.516. The van der Waals surface area contributed by atoms with E-state index < -0.39 is 12.1 Å². The highest BCUT2D eigenvalue weighted by Crippen LogP contribution is 2.10. The molecule has 0 saturated heterocycles. The molecule has 0 aromatic rings. The third-order valence-corrected chi connectivity index (χ3v) is 3.96. The van der Waals surface area contributed by atoms with E-state index in [1.54, 1.807) is 0 Å². The smallest absolute Gasteiger partial charge is 0.334 e. The lowest BCUT2D eigenvalue weighted by Crippen LogP contribution is -2.21. The third-order valence-electron chi connectivity index (χ3n) is 3.96. The predicted octanol–water partition coefficient (Wildman–Crippen LogP) is 5.17. The van der Waals surface area contributed by atoms with Crippen molar-refractivity contribution < 1.29 is 14.6 Å². The summed E-state index contributed by atoms with van der Waals surface area (Å²) < 4.78 is 4.48. The number of ether oxygens (including phenoxy) is 1. The van der Waals surface area contributed by atoms with Crippen molar-refractivity contribution in [2.45, 2.75) is 96.5 Å². The Bertz CT molecular complexity index is 274. The standard InChI is InChI=1S/C19H36O3/c1-3-4-5-6-7-8-9-10-11-12-13-14-15-16-17-18(20)19(21)22-2/h10-11,18,20H,3-9,12-17H2,1-2H3. The maximum atomic E-state index is 11.0. The van der Waals surface area contributed by atoms with Gasteiger partial charge in [-0.15, -0.1) is 0 Å². The van der Waals surface area contributed by atoms with Crippen LogP contribution in [0.4, 0.5) is 0 Å². The lowest BCUT2D eigenvalue weighted by Gasteiger charge is -2.07. The van der Waals surface area contributed by atoms with Crippen molar-refractivity contribution in [3.63, 3.8) is 0 Å². The Kier molecular flexibility index (Phi) is 15.9. The van der Waals surface area contributed by atoms with Crippen LogP contribution in [0.15, 0.2) is 12.2 Å². The van der Waals surface area contributed by atoms with Crippen LogP contribution in [0.25, 0.3) is 0 Å². The van der Waals surface area contributed by atoms with Crippen molar-refractivity contribution in [1.82, 2.24) is 0 Å². The summed E-state index contributed by atoms with van der Waals surface area (Å²) in [5.41, 5.74) is 0. The minimum atomic E-state index is -0.942. The van der Waals surface area contributed by atoms with Crippen LogP contribution < -0.4 is 0 Å². The first-order valence-electron chi connectivity index (χ1n) is 9.13. The first-order valence-corrected chi connectivity index (χ1v) is 9.13. The van der Waals surface area contributed by atoms with Gasteiger partial charge in [0.05, 0.1) is 7.11 Å². The molecular weight excluding hydrogens is 276 g/mol. The van der Waals surface area contributed by atoms with Crippen LogP contribution >= 0.6 is 0 Å². The molecule has 22 heavy (non-hydrogen) atoms. The number of carbonyl (C=O) groups is 1. The van der Waals surface area contributed by atoms with Crippen LogP contribution in [0.2, 0.25) is 0 Å². The van der Waals surface area contributed by atoms with Gasteiger partial charge in [-0.05, 0) is 32.1 Å². The number of aliphatic hydroxyl groups is 1. The molecule has 0 aliphatic rings. The SMILES string of the molecule is CCCCCCCCC=CCCCCCCC(O)C(=O)OC. The first-order chi connectivity index (χ1) is 10.7. The number of carbonyl (C=O) groups excluding carboxylic acids is 1. The van der Waals surface area contributed by atoms with E-state index in [1.807, 2.05) is 0 Å². The largest absolute Gasteiger partial charge is 0.467 e. The Balaban J connectivity index is 3.22. The molecule has 0 rings (SSSR count). The van der Waals surface area contributed by atoms with Gasteiger partial charge < -0.3 is 9.84 Å². The Morgan fingerprint density at radius 3 is 1.95 bits per heavy atom. The van der Waals surface area contributed by atoms with Crippen LogP contribution in [0.3, 0.4) is 0 Å². The summed E-state index contributed by atoms with van der Waals surface area (Å²) >= 11 is 0. The van der Waals surface area contributed by atoms with Gasteiger partial charge in [-0.1, -0.05) is 70.4 Å². The molecule has 1 atom stereocenters. The third kappa shape index (κ3) is 14.1. The highest BCUT2D eigenvalue weighted by molar-refractivity contribution is 5.74. The molecule has 0 amide bonds. The van der Waals surface area contributed by atoms with Gasteiger partial charge >= 0.3 is 5.97 Å². The van der Waals surface area contributed by atoms with Gasteiger partial charge in [-0.2, -0.15) is 0 Å². The van der Waals surface area contributed by atoms with Gasteiger partial charge in [0.2, 0.25) is 0 Å². The van der Waals surface area contributed by atoms with E-state index in [0.29, 0.717) is 6.42 Å². The van der Waals surface area contributed by atoms with Crippen molar-refractivity contribution >= 4 is 5.97 Å². The van der Waals surface area contributed by atoms with Crippen LogP contribution in [0, 0.1) is 0 Å². The lowest BCUT2D eigenvalue weighted by atomic mass is 10.1. The fourth-order valence-corrected chi connectivity index (χ4v) is 2.49. The van der Waals surface area contributed by atoms with Crippen molar-refractivity contribution in [2.24, 2.45) is 0 Å². The van der Waals surface area contributed by atoms with Crippen LogP contribution in [-0.2, 0) is 9.53 Å². The van der Waals surface area contributed by atoms with E-state index in [9.17, 15) is 9.90 Å². The zero-order valence-corrected chi connectivity index (χ0v) is 14.7. The zero-order valence-electron chi connectivity index (χ0n) is 14.7. The first kappa shape index (κ1) is 21.2. The molecule has 3 heteroatoms. The second-order valence-corrected chi connectivity index (χ2v) is 6.06. The van der Waals surface area contributed by atoms with Gasteiger partial charge in [0, 0.05) is 0 Å². The van der Waals surface area contributed by atoms with Gasteiger partial charge in [-0.25, -0.2) is 4.79 Å². The average molecular weight is 312 g/mol. The molecule has 0 aromatic carbocycles. The molecule has 3 nitrogen and oxygen atoms in total. The maximum absolute atomic E-state index is 11.0. The molecular formula is C19H36O3. The van der Waals surface area contributed by atoms with Crippen LogP contribution in [0.5, 0.6) is 0 Å². The second-order valence-electron chi connectivity index (χ2n) is 6.06. The molecule has 0 fully saturated rings. The number of unbranched alkanes of at least 4 members (excludes halogenated alkanes) is 10. The molecule has 0 aliphatic carbocycles. The van der Waals surface area contributed by atoms with Gasteiger partial charge in [0.15, 0.2) is 6.10 Å². The van der Waals surface area contributed by atoms with Gasteiger partial charge in [-0.3, -0.25) is 0 Å². The van der Waals surface area contributed by atoms with E-state index in [-0.39, 0.29) is 0 Å². The summed E-state index contributed by atoms with van der Waals surface area (Å²) in [5, 5.41) is 9.42. The van der Waals surface area contributed by atoms with E-state index in [0.717, 1.165) is 25.7 Å². The highest BCUT2D eigenvalue weighted by Gasteiger charge is 2.13. The van der Waals surface area contributed by atoms with E-state index >= 15 is 0 Å². The van der Waals surface area contributed by atoms with Crippen LogP contribution in [-0.4, -0.2) is 24.3 Å². The summed E-state index contributed by atoms with van der Waals surface area (Å²) in [7, 11) is 1.31. The summed E-state index contributed by atoms with van der Waals surface area (Å²) in [6.07, 6.45) is 19.1. The quantitative estimate of drug-likeness (QED) is 0.258. The Labute approximate surface area is 137 Å². The molecule has 0 heterocycles. The number of methoxy groups -OCH3 is 1. The molecule has 0 aromatic heterocycles. The number of hydrogen-bond acceptors (Lipinski definition) is 3. The summed E-state index contributed by atoms with van der Waals surface area (Å²) in [6, 6.07) is 0. The monoisotopic (exact) mass is 312 g/mol. The Morgan fingerprint density at radius 1 is 0.909 bits per heavy atom. The normalized spacial score (nSPS) is 12.7. The maximum Gasteiger partial charge on any atom is 0.334 e. The van der Waals surface area contributed by atoms with Crippen LogP contribution in [0.1, 0.15) is 90.4 Å². The molecule has 0 aliphatic heterocycles. The minimum absolute atomic E-state index is 0.514. The van der Waals surface area contributed by atoms with E-state index in [2.05, 4.69) is 23.8 Å². The number of esters is 1.